The molecule has 25 heavy (non-hydrogen) atoms. The molecule has 4 heteroatoms. The van der Waals surface area contributed by atoms with Gasteiger partial charge in [0.05, 0.1) is 7.11 Å². The van der Waals surface area contributed by atoms with Crippen LogP contribution in [0.4, 0.5) is 0 Å². The predicted molar refractivity (Wildman–Crippen MR) is 100 cm³/mol. The number of ether oxygens (including phenoxy) is 2. The highest BCUT2D eigenvalue weighted by atomic mass is 16.5. The van der Waals surface area contributed by atoms with Gasteiger partial charge in [0.15, 0.2) is 6.61 Å². The van der Waals surface area contributed by atoms with E-state index in [4.69, 9.17) is 9.47 Å². The molecule has 0 aromatic heterocycles. The second kappa shape index (κ2) is 8.06. The number of hydrogen-bond acceptors (Lipinski definition) is 3. The second-order valence-corrected chi connectivity index (χ2v) is 7.13. The Balaban J connectivity index is 1.95. The minimum atomic E-state index is -0.0560. The molecular weight excluding hydrogens is 314 g/mol. The number of methoxy groups -OCH3 is 1. The standard InChI is InChI=1S/C21H27NO3/c1-21(2,3)18-8-6-7-9-19(18)25-15-20(23)22(4)14-16-10-12-17(24-5)13-11-16/h6-13H,14-15H2,1-5H3. The van der Waals surface area contributed by atoms with Crippen LogP contribution < -0.4 is 9.47 Å². The molecule has 0 heterocycles. The molecule has 0 aliphatic rings. The lowest BCUT2D eigenvalue weighted by molar-refractivity contribution is -0.132. The zero-order valence-corrected chi connectivity index (χ0v) is 15.7. The summed E-state index contributed by atoms with van der Waals surface area (Å²) in [6, 6.07) is 15.6. The summed E-state index contributed by atoms with van der Waals surface area (Å²) in [4.78, 5) is 14.0. The van der Waals surface area contributed by atoms with E-state index in [1.807, 2.05) is 48.5 Å². The predicted octanol–water partition coefficient (Wildman–Crippen LogP) is 4.03. The van der Waals surface area contributed by atoms with E-state index in [0.29, 0.717) is 6.54 Å². The summed E-state index contributed by atoms with van der Waals surface area (Å²) >= 11 is 0. The maximum Gasteiger partial charge on any atom is 0.260 e. The number of likely N-dealkylation sites (N-methyl/N-ethyl adjacent to an activating group) is 1. The average molecular weight is 341 g/mol. The Bertz CT molecular complexity index is 702. The van der Waals surface area contributed by atoms with Crippen molar-refractivity contribution in [2.24, 2.45) is 0 Å². The summed E-state index contributed by atoms with van der Waals surface area (Å²) in [7, 11) is 3.42. The molecule has 0 fully saturated rings. The summed E-state index contributed by atoms with van der Waals surface area (Å²) in [5, 5.41) is 0. The van der Waals surface area contributed by atoms with E-state index in [9.17, 15) is 4.79 Å². The van der Waals surface area contributed by atoms with E-state index in [2.05, 4.69) is 20.8 Å². The Labute approximate surface area is 150 Å². The highest BCUT2D eigenvalue weighted by Gasteiger charge is 2.19. The molecule has 1 amide bonds. The molecule has 0 bridgehead atoms. The van der Waals surface area contributed by atoms with Crippen LogP contribution in [0, 0.1) is 0 Å². The molecule has 0 aliphatic heterocycles. The maximum absolute atomic E-state index is 12.4. The fourth-order valence-electron chi connectivity index (χ4n) is 2.55. The number of benzene rings is 2. The first kappa shape index (κ1) is 18.8. The number of carbonyl (C=O) groups excluding carboxylic acids is 1. The Kier molecular flexibility index (Phi) is 6.07. The number of para-hydroxylation sites is 1. The maximum atomic E-state index is 12.4. The second-order valence-electron chi connectivity index (χ2n) is 7.13. The van der Waals surface area contributed by atoms with Gasteiger partial charge in [0.2, 0.25) is 0 Å². The van der Waals surface area contributed by atoms with Crippen molar-refractivity contribution in [3.8, 4) is 11.5 Å². The quantitative estimate of drug-likeness (QED) is 0.796. The number of amides is 1. The van der Waals surface area contributed by atoms with Crippen LogP contribution in [0.15, 0.2) is 48.5 Å². The van der Waals surface area contributed by atoms with Gasteiger partial charge in [-0.3, -0.25) is 4.79 Å². The Hall–Kier alpha value is -2.49. The summed E-state index contributed by atoms with van der Waals surface area (Å²) in [6.45, 7) is 6.96. The van der Waals surface area contributed by atoms with Crippen LogP contribution in [-0.4, -0.2) is 31.6 Å². The highest BCUT2D eigenvalue weighted by molar-refractivity contribution is 5.77. The topological polar surface area (TPSA) is 38.8 Å². The fourth-order valence-corrected chi connectivity index (χ4v) is 2.55. The first-order chi connectivity index (χ1) is 11.8. The summed E-state index contributed by atoms with van der Waals surface area (Å²) in [6.07, 6.45) is 0. The average Bonchev–Trinajstić information content (AvgIpc) is 2.59. The van der Waals surface area contributed by atoms with Gasteiger partial charge in [0, 0.05) is 13.6 Å². The highest BCUT2D eigenvalue weighted by Crippen LogP contribution is 2.30. The number of rotatable bonds is 6. The third-order valence-electron chi connectivity index (χ3n) is 4.05. The van der Waals surface area contributed by atoms with Gasteiger partial charge in [0.1, 0.15) is 11.5 Å². The molecule has 2 aromatic rings. The van der Waals surface area contributed by atoms with Crippen LogP contribution in [0.5, 0.6) is 11.5 Å². The molecule has 0 saturated heterocycles. The molecule has 0 radical (unpaired) electrons. The van der Waals surface area contributed by atoms with Gasteiger partial charge in [-0.15, -0.1) is 0 Å². The molecule has 0 saturated carbocycles. The van der Waals surface area contributed by atoms with Crippen LogP contribution in [0.1, 0.15) is 31.9 Å². The van der Waals surface area contributed by atoms with Gasteiger partial charge in [-0.05, 0) is 34.7 Å². The zero-order valence-electron chi connectivity index (χ0n) is 15.7. The van der Waals surface area contributed by atoms with E-state index in [1.165, 1.54) is 0 Å². The third kappa shape index (κ3) is 5.24. The molecule has 2 rings (SSSR count). The summed E-state index contributed by atoms with van der Waals surface area (Å²) in [5.74, 6) is 1.51. The van der Waals surface area contributed by atoms with Crippen LogP contribution in [-0.2, 0) is 16.8 Å². The summed E-state index contributed by atoms with van der Waals surface area (Å²) < 4.78 is 11.0. The molecule has 134 valence electrons. The largest absolute Gasteiger partial charge is 0.497 e. The Morgan fingerprint density at radius 3 is 2.28 bits per heavy atom. The number of nitrogens with zero attached hydrogens (tertiary/aromatic N) is 1. The number of hydrogen-bond donors (Lipinski definition) is 0. The van der Waals surface area contributed by atoms with Crippen LogP contribution in [0.2, 0.25) is 0 Å². The van der Waals surface area contributed by atoms with Gasteiger partial charge in [-0.2, -0.15) is 0 Å². The van der Waals surface area contributed by atoms with Crippen molar-refractivity contribution in [3.63, 3.8) is 0 Å². The Morgan fingerprint density at radius 1 is 1.04 bits per heavy atom. The molecule has 0 spiro atoms. The van der Waals surface area contributed by atoms with Crippen molar-refractivity contribution in [1.29, 1.82) is 0 Å². The molecular formula is C21H27NO3. The van der Waals surface area contributed by atoms with Crippen molar-refractivity contribution < 1.29 is 14.3 Å². The van der Waals surface area contributed by atoms with E-state index >= 15 is 0 Å². The van der Waals surface area contributed by atoms with Gasteiger partial charge in [0.25, 0.3) is 5.91 Å². The first-order valence-corrected chi connectivity index (χ1v) is 8.40. The normalized spacial score (nSPS) is 11.1. The lowest BCUT2D eigenvalue weighted by Gasteiger charge is -2.23. The molecule has 0 N–H and O–H groups in total. The zero-order chi connectivity index (χ0) is 18.4. The SMILES string of the molecule is COc1ccc(CN(C)C(=O)COc2ccccc2C(C)(C)C)cc1. The Morgan fingerprint density at radius 2 is 1.68 bits per heavy atom. The van der Waals surface area contributed by atoms with E-state index in [1.54, 1.807) is 19.1 Å². The summed E-state index contributed by atoms with van der Waals surface area (Å²) in [5.41, 5.74) is 2.11. The van der Waals surface area contributed by atoms with Gasteiger partial charge in [-0.25, -0.2) is 0 Å². The monoisotopic (exact) mass is 341 g/mol. The fraction of sp³-hybridized carbons (Fsp3) is 0.381. The minimum Gasteiger partial charge on any atom is -0.497 e. The third-order valence-corrected chi connectivity index (χ3v) is 4.05. The minimum absolute atomic E-state index is 0.0275. The van der Waals surface area contributed by atoms with Crippen molar-refractivity contribution >= 4 is 5.91 Å². The van der Waals surface area contributed by atoms with Crippen molar-refractivity contribution in [2.45, 2.75) is 32.7 Å². The van der Waals surface area contributed by atoms with Gasteiger partial charge in [-0.1, -0.05) is 51.1 Å². The first-order valence-electron chi connectivity index (χ1n) is 8.40. The van der Waals surface area contributed by atoms with Crippen molar-refractivity contribution in [2.75, 3.05) is 20.8 Å². The van der Waals surface area contributed by atoms with Crippen LogP contribution in [0.25, 0.3) is 0 Å². The van der Waals surface area contributed by atoms with Crippen molar-refractivity contribution in [1.82, 2.24) is 4.90 Å². The molecule has 4 nitrogen and oxygen atoms in total. The van der Waals surface area contributed by atoms with E-state index in [-0.39, 0.29) is 17.9 Å². The lowest BCUT2D eigenvalue weighted by atomic mass is 9.86. The van der Waals surface area contributed by atoms with E-state index in [0.717, 1.165) is 22.6 Å². The molecule has 0 unspecified atom stereocenters. The van der Waals surface area contributed by atoms with Crippen molar-refractivity contribution in [3.05, 3.63) is 59.7 Å². The van der Waals surface area contributed by atoms with Gasteiger partial charge < -0.3 is 14.4 Å². The molecule has 0 aliphatic carbocycles. The number of carbonyl (C=O) groups is 1. The van der Waals surface area contributed by atoms with Crippen LogP contribution in [0.3, 0.4) is 0 Å². The molecule has 2 aromatic carbocycles. The lowest BCUT2D eigenvalue weighted by Crippen LogP contribution is -2.31. The van der Waals surface area contributed by atoms with Gasteiger partial charge >= 0.3 is 0 Å². The van der Waals surface area contributed by atoms with Crippen LogP contribution >= 0.6 is 0 Å². The molecule has 0 atom stereocenters. The van der Waals surface area contributed by atoms with E-state index < -0.39 is 0 Å². The smallest absolute Gasteiger partial charge is 0.260 e.